The lowest BCUT2D eigenvalue weighted by atomic mass is 10.1. The van der Waals surface area contributed by atoms with Crippen molar-refractivity contribution in [3.8, 4) is 11.3 Å². The van der Waals surface area contributed by atoms with Crippen LogP contribution in [0.25, 0.3) is 22.2 Å². The Morgan fingerprint density at radius 2 is 1.82 bits per heavy atom. The summed E-state index contributed by atoms with van der Waals surface area (Å²) in [5.41, 5.74) is 2.68. The molecule has 2 heterocycles. The van der Waals surface area contributed by atoms with Crippen molar-refractivity contribution in [2.24, 2.45) is 0 Å². The maximum atomic E-state index is 12.7. The number of hydrogen-bond acceptors (Lipinski definition) is 4. The van der Waals surface area contributed by atoms with E-state index in [1.165, 1.54) is 10.7 Å². The normalized spacial score (nSPS) is 11.9. The van der Waals surface area contributed by atoms with Crippen molar-refractivity contribution in [1.82, 2.24) is 14.8 Å². The molecule has 6 nitrogen and oxygen atoms in total. The fraction of sp³-hybridized carbons (Fsp3) is 0.0909. The van der Waals surface area contributed by atoms with Crippen LogP contribution in [-0.4, -0.2) is 20.7 Å². The molecule has 28 heavy (non-hydrogen) atoms. The van der Waals surface area contributed by atoms with Gasteiger partial charge >= 0.3 is 0 Å². The Hall–Kier alpha value is -3.80. The summed E-state index contributed by atoms with van der Waals surface area (Å²) >= 11 is 0. The first-order chi connectivity index (χ1) is 13.6. The third-order valence-electron chi connectivity index (χ3n) is 4.51. The predicted molar refractivity (Wildman–Crippen MR) is 109 cm³/mol. The second-order valence-corrected chi connectivity index (χ2v) is 6.44. The summed E-state index contributed by atoms with van der Waals surface area (Å²) in [6.45, 7) is 1.65. The van der Waals surface area contributed by atoms with Gasteiger partial charge in [0.1, 0.15) is 6.04 Å². The molecule has 1 unspecified atom stereocenters. The standard InChI is InChI=1S/C22H18N4O2/c1-15(22(28)24-18-9-10-19-17(14-18)8-5-13-23-19)26-21(27)12-11-20(25-26)16-6-3-2-4-7-16/h2-15H,1H3,(H,24,28). The number of carbonyl (C=O) groups excluding carboxylic acids is 1. The van der Waals surface area contributed by atoms with Crippen LogP contribution in [0.5, 0.6) is 0 Å². The Morgan fingerprint density at radius 1 is 1.00 bits per heavy atom. The van der Waals surface area contributed by atoms with Crippen LogP contribution in [0.4, 0.5) is 5.69 Å². The molecule has 1 amide bonds. The zero-order valence-electron chi connectivity index (χ0n) is 15.2. The van der Waals surface area contributed by atoms with E-state index < -0.39 is 6.04 Å². The topological polar surface area (TPSA) is 76.9 Å². The third kappa shape index (κ3) is 3.53. The summed E-state index contributed by atoms with van der Waals surface area (Å²) < 4.78 is 1.21. The molecule has 6 heteroatoms. The van der Waals surface area contributed by atoms with Gasteiger partial charge in [-0.2, -0.15) is 5.10 Å². The highest BCUT2D eigenvalue weighted by molar-refractivity contribution is 5.95. The number of aromatic nitrogens is 3. The molecule has 0 aliphatic heterocycles. The van der Waals surface area contributed by atoms with E-state index in [1.807, 2.05) is 54.6 Å². The number of carbonyl (C=O) groups is 1. The van der Waals surface area contributed by atoms with Gasteiger partial charge in [0, 0.05) is 28.9 Å². The van der Waals surface area contributed by atoms with Crippen LogP contribution in [-0.2, 0) is 4.79 Å². The van der Waals surface area contributed by atoms with Crippen LogP contribution in [0.15, 0.2) is 83.8 Å². The number of nitrogens with zero attached hydrogens (tertiary/aromatic N) is 3. The maximum Gasteiger partial charge on any atom is 0.267 e. The van der Waals surface area contributed by atoms with E-state index in [9.17, 15) is 9.59 Å². The van der Waals surface area contributed by atoms with Crippen LogP contribution < -0.4 is 10.9 Å². The number of rotatable bonds is 4. The minimum atomic E-state index is -0.763. The quantitative estimate of drug-likeness (QED) is 0.595. The van der Waals surface area contributed by atoms with Crippen molar-refractivity contribution in [2.45, 2.75) is 13.0 Å². The van der Waals surface area contributed by atoms with Crippen molar-refractivity contribution < 1.29 is 4.79 Å². The fourth-order valence-electron chi connectivity index (χ4n) is 2.98. The molecular formula is C22H18N4O2. The third-order valence-corrected chi connectivity index (χ3v) is 4.51. The Morgan fingerprint density at radius 3 is 2.64 bits per heavy atom. The summed E-state index contributed by atoms with van der Waals surface area (Å²) in [5.74, 6) is -0.317. The van der Waals surface area contributed by atoms with Crippen LogP contribution in [0.1, 0.15) is 13.0 Å². The van der Waals surface area contributed by atoms with Gasteiger partial charge in [-0.1, -0.05) is 36.4 Å². The monoisotopic (exact) mass is 370 g/mol. The number of anilines is 1. The molecule has 0 fully saturated rings. The SMILES string of the molecule is CC(C(=O)Nc1ccc2ncccc2c1)n1nc(-c2ccccc2)ccc1=O. The first-order valence-corrected chi connectivity index (χ1v) is 8.93. The highest BCUT2D eigenvalue weighted by Crippen LogP contribution is 2.19. The number of benzene rings is 2. The van der Waals surface area contributed by atoms with Crippen molar-refractivity contribution in [3.05, 3.63) is 89.3 Å². The van der Waals surface area contributed by atoms with E-state index in [4.69, 9.17) is 0 Å². The second kappa shape index (κ2) is 7.44. The Bertz CT molecular complexity index is 1200. The average Bonchev–Trinajstić information content (AvgIpc) is 2.74. The number of fused-ring (bicyclic) bond motifs is 1. The summed E-state index contributed by atoms with van der Waals surface area (Å²) in [7, 11) is 0. The maximum absolute atomic E-state index is 12.7. The van der Waals surface area contributed by atoms with E-state index in [1.54, 1.807) is 25.3 Å². The molecule has 1 atom stereocenters. The van der Waals surface area contributed by atoms with Crippen LogP contribution in [0.2, 0.25) is 0 Å². The van der Waals surface area contributed by atoms with Gasteiger partial charge in [0.25, 0.3) is 5.56 Å². The van der Waals surface area contributed by atoms with Crippen molar-refractivity contribution in [2.75, 3.05) is 5.32 Å². The summed E-state index contributed by atoms with van der Waals surface area (Å²) in [6, 6.07) is 21.1. The molecule has 4 rings (SSSR count). The van der Waals surface area contributed by atoms with Gasteiger partial charge in [0.05, 0.1) is 11.2 Å². The molecule has 0 aliphatic rings. The highest BCUT2D eigenvalue weighted by atomic mass is 16.2. The van der Waals surface area contributed by atoms with Gasteiger partial charge in [0.15, 0.2) is 0 Å². The van der Waals surface area contributed by atoms with Crippen LogP contribution in [0, 0.1) is 0 Å². The molecule has 2 aromatic heterocycles. The molecule has 0 saturated heterocycles. The lowest BCUT2D eigenvalue weighted by molar-refractivity contribution is -0.119. The van der Waals surface area contributed by atoms with E-state index >= 15 is 0 Å². The van der Waals surface area contributed by atoms with Gasteiger partial charge in [-0.15, -0.1) is 0 Å². The number of pyridine rings is 1. The molecular weight excluding hydrogens is 352 g/mol. The molecule has 0 spiro atoms. The predicted octanol–water partition coefficient (Wildman–Crippen LogP) is 3.66. The van der Waals surface area contributed by atoms with Crippen LogP contribution >= 0.6 is 0 Å². The van der Waals surface area contributed by atoms with E-state index in [0.29, 0.717) is 11.4 Å². The second-order valence-electron chi connectivity index (χ2n) is 6.44. The Labute approximate surface area is 161 Å². The number of nitrogens with one attached hydrogen (secondary N) is 1. The molecule has 1 N–H and O–H groups in total. The molecule has 0 aliphatic carbocycles. The fourth-order valence-corrected chi connectivity index (χ4v) is 2.98. The zero-order valence-corrected chi connectivity index (χ0v) is 15.2. The summed E-state index contributed by atoms with van der Waals surface area (Å²) in [6.07, 6.45) is 1.72. The number of amides is 1. The molecule has 0 bridgehead atoms. The van der Waals surface area contributed by atoms with Crippen molar-refractivity contribution >= 4 is 22.5 Å². The van der Waals surface area contributed by atoms with Gasteiger partial charge in [0.2, 0.25) is 5.91 Å². The highest BCUT2D eigenvalue weighted by Gasteiger charge is 2.18. The van der Waals surface area contributed by atoms with E-state index in [-0.39, 0.29) is 11.5 Å². The van der Waals surface area contributed by atoms with E-state index in [0.717, 1.165) is 16.5 Å². The molecule has 2 aromatic carbocycles. The average molecular weight is 370 g/mol. The van der Waals surface area contributed by atoms with Gasteiger partial charge in [-0.05, 0) is 37.3 Å². The lowest BCUT2D eigenvalue weighted by Gasteiger charge is -2.15. The van der Waals surface area contributed by atoms with Crippen molar-refractivity contribution in [3.63, 3.8) is 0 Å². The molecule has 138 valence electrons. The van der Waals surface area contributed by atoms with Gasteiger partial charge in [-0.25, -0.2) is 4.68 Å². The van der Waals surface area contributed by atoms with E-state index in [2.05, 4.69) is 15.4 Å². The van der Waals surface area contributed by atoms with Gasteiger partial charge < -0.3 is 5.32 Å². The lowest BCUT2D eigenvalue weighted by Crippen LogP contribution is -2.33. The Kier molecular flexibility index (Phi) is 4.68. The summed E-state index contributed by atoms with van der Waals surface area (Å²) in [5, 5.41) is 8.17. The molecule has 0 saturated carbocycles. The first-order valence-electron chi connectivity index (χ1n) is 8.93. The number of hydrogen-bond donors (Lipinski definition) is 1. The zero-order chi connectivity index (χ0) is 19.5. The summed E-state index contributed by atoms with van der Waals surface area (Å²) in [4.78, 5) is 29.3. The van der Waals surface area contributed by atoms with Crippen molar-refractivity contribution in [1.29, 1.82) is 0 Å². The van der Waals surface area contributed by atoms with Gasteiger partial charge in [-0.3, -0.25) is 14.6 Å². The first kappa shape index (κ1) is 17.6. The minimum Gasteiger partial charge on any atom is -0.324 e. The molecule has 4 aromatic rings. The van der Waals surface area contributed by atoms with Crippen LogP contribution in [0.3, 0.4) is 0 Å². The Balaban J connectivity index is 1.60. The largest absolute Gasteiger partial charge is 0.324 e. The molecule has 0 radical (unpaired) electrons. The smallest absolute Gasteiger partial charge is 0.267 e. The minimum absolute atomic E-state index is 0.317.